The number of nitrogens with one attached hydrogen (secondary N) is 1. The van der Waals surface area contributed by atoms with Crippen LogP contribution in [-0.2, 0) is 4.79 Å². The Labute approximate surface area is 220 Å². The van der Waals surface area contributed by atoms with E-state index in [1.807, 2.05) is 0 Å². The molecule has 0 spiro atoms. The number of ether oxygens (including phenoxy) is 2. The van der Waals surface area contributed by atoms with Crippen LogP contribution in [0.3, 0.4) is 0 Å². The van der Waals surface area contributed by atoms with Gasteiger partial charge in [-0.05, 0) is 54.4 Å². The molecule has 0 radical (unpaired) electrons. The lowest BCUT2D eigenvalue weighted by Crippen LogP contribution is -2.16. The third-order valence-electron chi connectivity index (χ3n) is 5.88. The first kappa shape index (κ1) is 29.4. The Kier molecular flexibility index (Phi) is 14.3. The van der Waals surface area contributed by atoms with E-state index in [4.69, 9.17) is 21.1 Å². The quantitative estimate of drug-likeness (QED) is 0.0770. The van der Waals surface area contributed by atoms with Crippen molar-refractivity contribution in [3.05, 3.63) is 58.6 Å². The maximum atomic E-state index is 12.3. The number of nitrogens with zero attached hydrogens (tertiary/aromatic N) is 1. The third kappa shape index (κ3) is 11.7. The average Bonchev–Trinajstić information content (AvgIpc) is 2.88. The molecule has 36 heavy (non-hydrogen) atoms. The zero-order chi connectivity index (χ0) is 26.0. The zero-order valence-electron chi connectivity index (χ0n) is 21.6. The van der Waals surface area contributed by atoms with E-state index in [-0.39, 0.29) is 11.7 Å². The van der Waals surface area contributed by atoms with Crippen molar-refractivity contribution in [3.8, 4) is 11.5 Å². The lowest BCUT2D eigenvalue weighted by molar-refractivity contribution is -0.121. The van der Waals surface area contributed by atoms with E-state index < -0.39 is 5.97 Å². The molecular formula is C29H39ClN2O4. The molecule has 0 fully saturated rings. The summed E-state index contributed by atoms with van der Waals surface area (Å²) in [6.07, 6.45) is 15.7. The summed E-state index contributed by atoms with van der Waals surface area (Å²) >= 11 is 5.86. The molecule has 0 saturated heterocycles. The highest BCUT2D eigenvalue weighted by atomic mass is 35.5. The van der Waals surface area contributed by atoms with E-state index in [9.17, 15) is 9.59 Å². The van der Waals surface area contributed by atoms with Crippen molar-refractivity contribution in [2.24, 2.45) is 5.10 Å². The Balaban J connectivity index is 1.66. The van der Waals surface area contributed by atoms with Crippen molar-refractivity contribution in [2.45, 2.75) is 84.0 Å². The first-order valence-corrected chi connectivity index (χ1v) is 13.4. The number of hydrogen-bond acceptors (Lipinski definition) is 5. The SMILES string of the molecule is CCCCCCCCCCCCCC(=O)N/N=C\c1ccc(OC(=O)c2ccc(Cl)cc2)c(OC)c1. The Morgan fingerprint density at radius 1 is 0.861 bits per heavy atom. The van der Waals surface area contributed by atoms with E-state index in [0.717, 1.165) is 12.8 Å². The number of unbranched alkanes of at least 4 members (excludes halogenated alkanes) is 10. The number of esters is 1. The Morgan fingerprint density at radius 3 is 2.08 bits per heavy atom. The van der Waals surface area contributed by atoms with Crippen LogP contribution in [0, 0.1) is 0 Å². The maximum Gasteiger partial charge on any atom is 0.343 e. The largest absolute Gasteiger partial charge is 0.493 e. The van der Waals surface area contributed by atoms with Gasteiger partial charge in [-0.2, -0.15) is 5.10 Å². The number of hydrazone groups is 1. The summed E-state index contributed by atoms with van der Waals surface area (Å²) in [7, 11) is 1.49. The smallest absolute Gasteiger partial charge is 0.343 e. The lowest BCUT2D eigenvalue weighted by Gasteiger charge is -2.10. The molecule has 6 nitrogen and oxygen atoms in total. The number of rotatable bonds is 17. The summed E-state index contributed by atoms with van der Waals surface area (Å²) in [5.41, 5.74) is 3.65. The van der Waals surface area contributed by atoms with Crippen LogP contribution in [0.25, 0.3) is 0 Å². The van der Waals surface area contributed by atoms with Gasteiger partial charge in [0, 0.05) is 11.4 Å². The van der Waals surface area contributed by atoms with Gasteiger partial charge in [0.1, 0.15) is 0 Å². The Hall–Kier alpha value is -2.86. The van der Waals surface area contributed by atoms with Crippen molar-refractivity contribution >= 4 is 29.7 Å². The molecule has 1 N–H and O–H groups in total. The summed E-state index contributed by atoms with van der Waals surface area (Å²) < 4.78 is 10.8. The highest BCUT2D eigenvalue weighted by molar-refractivity contribution is 6.30. The highest BCUT2D eigenvalue weighted by Gasteiger charge is 2.13. The molecule has 2 aromatic rings. The molecule has 0 unspecified atom stereocenters. The fraction of sp³-hybridized carbons (Fsp3) is 0.483. The second kappa shape index (κ2) is 17.6. The molecule has 7 heteroatoms. The summed E-state index contributed by atoms with van der Waals surface area (Å²) in [5, 5.41) is 4.57. The van der Waals surface area contributed by atoms with Crippen molar-refractivity contribution in [1.82, 2.24) is 5.43 Å². The van der Waals surface area contributed by atoms with Gasteiger partial charge in [0.05, 0.1) is 18.9 Å². The molecular weight excluding hydrogens is 476 g/mol. The molecule has 0 heterocycles. The predicted molar refractivity (Wildman–Crippen MR) is 146 cm³/mol. The molecule has 0 aliphatic heterocycles. The molecule has 2 rings (SSSR count). The number of amides is 1. The van der Waals surface area contributed by atoms with Gasteiger partial charge in [0.25, 0.3) is 0 Å². The summed E-state index contributed by atoms with van der Waals surface area (Å²) in [5.74, 6) is 0.0624. The van der Waals surface area contributed by atoms with E-state index in [1.54, 1.807) is 42.5 Å². The Morgan fingerprint density at radius 2 is 1.47 bits per heavy atom. The summed E-state index contributed by atoms with van der Waals surface area (Å²) in [6.45, 7) is 2.25. The van der Waals surface area contributed by atoms with Gasteiger partial charge in [-0.25, -0.2) is 10.2 Å². The van der Waals surface area contributed by atoms with Gasteiger partial charge in [-0.3, -0.25) is 4.79 Å². The van der Waals surface area contributed by atoms with Crippen LogP contribution < -0.4 is 14.9 Å². The number of halogens is 1. The number of hydrogen-bond donors (Lipinski definition) is 1. The fourth-order valence-corrected chi connectivity index (χ4v) is 3.90. The first-order chi connectivity index (χ1) is 17.5. The normalized spacial score (nSPS) is 11.0. The molecule has 0 bridgehead atoms. The van der Waals surface area contributed by atoms with E-state index in [2.05, 4.69) is 17.5 Å². The van der Waals surface area contributed by atoms with Crippen molar-refractivity contribution < 1.29 is 19.1 Å². The second-order valence-electron chi connectivity index (χ2n) is 8.89. The molecule has 0 aromatic heterocycles. The topological polar surface area (TPSA) is 77.0 Å². The molecule has 0 saturated carbocycles. The van der Waals surface area contributed by atoms with E-state index >= 15 is 0 Å². The van der Waals surface area contributed by atoms with E-state index in [1.165, 1.54) is 71.1 Å². The lowest BCUT2D eigenvalue weighted by atomic mass is 10.1. The van der Waals surface area contributed by atoms with Gasteiger partial charge in [0.15, 0.2) is 11.5 Å². The van der Waals surface area contributed by atoms with Gasteiger partial charge in [0.2, 0.25) is 5.91 Å². The zero-order valence-corrected chi connectivity index (χ0v) is 22.3. The standard InChI is InChI=1S/C29H39ClN2O4/c1-3-4-5-6-7-8-9-10-11-12-13-14-28(33)32-31-22-23-15-20-26(27(21-23)35-2)36-29(34)24-16-18-25(30)19-17-24/h15-22H,3-14H2,1-2H3,(H,32,33)/b31-22-. The third-order valence-corrected chi connectivity index (χ3v) is 6.13. The van der Waals surface area contributed by atoms with Crippen LogP contribution in [0.15, 0.2) is 47.6 Å². The van der Waals surface area contributed by atoms with Crippen molar-refractivity contribution in [1.29, 1.82) is 0 Å². The van der Waals surface area contributed by atoms with Gasteiger partial charge in [-0.15, -0.1) is 0 Å². The Bertz CT molecular complexity index is 960. The fourth-order valence-electron chi connectivity index (χ4n) is 3.78. The minimum absolute atomic E-state index is 0.0948. The molecule has 1 amide bonds. The number of carbonyl (C=O) groups excluding carboxylic acids is 2. The molecule has 0 atom stereocenters. The number of benzene rings is 2. The molecule has 2 aromatic carbocycles. The summed E-state index contributed by atoms with van der Waals surface area (Å²) in [4.78, 5) is 24.4. The van der Waals surface area contributed by atoms with Crippen molar-refractivity contribution in [3.63, 3.8) is 0 Å². The number of methoxy groups -OCH3 is 1. The average molecular weight is 515 g/mol. The summed E-state index contributed by atoms with van der Waals surface area (Å²) in [6, 6.07) is 11.5. The highest BCUT2D eigenvalue weighted by Crippen LogP contribution is 2.28. The molecule has 0 aliphatic rings. The minimum Gasteiger partial charge on any atom is -0.493 e. The van der Waals surface area contributed by atoms with Crippen LogP contribution in [-0.4, -0.2) is 25.2 Å². The van der Waals surface area contributed by atoms with Crippen molar-refractivity contribution in [2.75, 3.05) is 7.11 Å². The van der Waals surface area contributed by atoms with Crippen LogP contribution in [0.4, 0.5) is 0 Å². The van der Waals surface area contributed by atoms with Crippen LogP contribution in [0.5, 0.6) is 11.5 Å². The first-order valence-electron chi connectivity index (χ1n) is 13.0. The van der Waals surface area contributed by atoms with Crippen LogP contribution >= 0.6 is 11.6 Å². The van der Waals surface area contributed by atoms with Gasteiger partial charge in [-0.1, -0.05) is 82.7 Å². The molecule has 196 valence electrons. The number of carbonyl (C=O) groups is 2. The van der Waals surface area contributed by atoms with Crippen LogP contribution in [0.1, 0.15) is 99.9 Å². The van der Waals surface area contributed by atoms with E-state index in [0.29, 0.717) is 28.3 Å². The predicted octanol–water partition coefficient (Wildman–Crippen LogP) is 7.72. The van der Waals surface area contributed by atoms with Gasteiger partial charge < -0.3 is 9.47 Å². The maximum absolute atomic E-state index is 12.3. The van der Waals surface area contributed by atoms with Crippen LogP contribution in [0.2, 0.25) is 5.02 Å². The monoisotopic (exact) mass is 514 g/mol. The van der Waals surface area contributed by atoms with Gasteiger partial charge >= 0.3 is 5.97 Å². The second-order valence-corrected chi connectivity index (χ2v) is 9.32. The molecule has 0 aliphatic carbocycles. The minimum atomic E-state index is -0.513.